The van der Waals surface area contributed by atoms with Crippen molar-refractivity contribution in [3.05, 3.63) is 28.5 Å². The number of aliphatic carboxylic acids is 1. The fraction of sp³-hybridized carbons (Fsp3) is 0.417. The summed E-state index contributed by atoms with van der Waals surface area (Å²) in [5.74, 6) is -1.05. The van der Waals surface area contributed by atoms with Gasteiger partial charge in [-0.2, -0.15) is 0 Å². The first-order valence-corrected chi connectivity index (χ1v) is 5.89. The highest BCUT2D eigenvalue weighted by molar-refractivity contribution is 6.29. The summed E-state index contributed by atoms with van der Waals surface area (Å²) >= 11 is 5.79. The zero-order chi connectivity index (χ0) is 13.7. The van der Waals surface area contributed by atoms with E-state index in [2.05, 4.69) is 4.98 Å². The van der Waals surface area contributed by atoms with Crippen molar-refractivity contribution in [2.45, 2.75) is 19.8 Å². The van der Waals surface area contributed by atoms with Crippen molar-refractivity contribution in [1.82, 2.24) is 9.88 Å². The van der Waals surface area contributed by atoms with Crippen LogP contribution in [0.4, 0.5) is 0 Å². The molecule has 0 fully saturated rings. The highest BCUT2D eigenvalue weighted by Crippen LogP contribution is 2.12. The third kappa shape index (κ3) is 4.33. The maximum Gasteiger partial charge on any atom is 0.303 e. The molecule has 18 heavy (non-hydrogen) atoms. The molecule has 0 unspecified atom stereocenters. The Hall–Kier alpha value is -1.62. The lowest BCUT2D eigenvalue weighted by molar-refractivity contribution is -0.137. The molecular formula is C12H15ClN2O3. The van der Waals surface area contributed by atoms with Gasteiger partial charge in [0.25, 0.3) is 5.91 Å². The van der Waals surface area contributed by atoms with Crippen molar-refractivity contribution in [3.63, 3.8) is 0 Å². The average Bonchev–Trinajstić information content (AvgIpc) is 2.26. The maximum atomic E-state index is 12.0. The molecule has 0 aromatic carbocycles. The van der Waals surface area contributed by atoms with Crippen LogP contribution in [0.5, 0.6) is 0 Å². The Bertz CT molecular complexity index is 442. The molecule has 0 aliphatic heterocycles. The van der Waals surface area contributed by atoms with Crippen LogP contribution >= 0.6 is 11.6 Å². The van der Waals surface area contributed by atoms with Crippen LogP contribution in [-0.4, -0.2) is 40.5 Å². The van der Waals surface area contributed by atoms with Crippen LogP contribution in [0.3, 0.4) is 0 Å². The lowest BCUT2D eigenvalue weighted by Gasteiger charge is -2.16. The molecule has 0 saturated heterocycles. The van der Waals surface area contributed by atoms with Crippen molar-refractivity contribution in [1.29, 1.82) is 0 Å². The van der Waals surface area contributed by atoms with Gasteiger partial charge >= 0.3 is 5.97 Å². The third-order valence-corrected chi connectivity index (χ3v) is 2.59. The molecule has 0 radical (unpaired) electrons. The predicted octanol–water partition coefficient (Wildman–Crippen LogP) is 1.98. The summed E-state index contributed by atoms with van der Waals surface area (Å²) in [6, 6.07) is 3.16. The van der Waals surface area contributed by atoms with E-state index in [9.17, 15) is 9.59 Å². The Kier molecular flexibility index (Phi) is 5.09. The number of rotatable bonds is 5. The number of carbonyl (C=O) groups is 2. The minimum atomic E-state index is -0.862. The quantitative estimate of drug-likeness (QED) is 0.831. The highest BCUT2D eigenvalue weighted by Gasteiger charge is 2.13. The molecule has 6 heteroatoms. The summed E-state index contributed by atoms with van der Waals surface area (Å²) in [4.78, 5) is 27.9. The normalized spacial score (nSPS) is 10.2. The molecule has 0 spiro atoms. The van der Waals surface area contributed by atoms with E-state index in [1.165, 1.54) is 11.0 Å². The zero-order valence-corrected chi connectivity index (χ0v) is 11.1. The van der Waals surface area contributed by atoms with E-state index in [-0.39, 0.29) is 17.5 Å². The molecule has 5 nitrogen and oxygen atoms in total. The van der Waals surface area contributed by atoms with Crippen LogP contribution < -0.4 is 0 Å². The van der Waals surface area contributed by atoms with Crippen LogP contribution in [0.1, 0.15) is 28.9 Å². The summed E-state index contributed by atoms with van der Waals surface area (Å²) in [7, 11) is 1.63. The van der Waals surface area contributed by atoms with E-state index < -0.39 is 5.97 Å². The largest absolute Gasteiger partial charge is 0.481 e. The van der Waals surface area contributed by atoms with Gasteiger partial charge in [0, 0.05) is 31.3 Å². The molecule has 1 aromatic heterocycles. The minimum Gasteiger partial charge on any atom is -0.481 e. The van der Waals surface area contributed by atoms with Gasteiger partial charge in [0.1, 0.15) is 5.15 Å². The van der Waals surface area contributed by atoms with Crippen LogP contribution in [-0.2, 0) is 4.79 Å². The number of amides is 1. The van der Waals surface area contributed by atoms with Crippen molar-refractivity contribution >= 4 is 23.5 Å². The van der Waals surface area contributed by atoms with E-state index in [1.807, 2.05) is 0 Å². The molecule has 1 rings (SSSR count). The Morgan fingerprint density at radius 2 is 2.11 bits per heavy atom. The number of carbonyl (C=O) groups excluding carboxylic acids is 1. The second-order valence-electron chi connectivity index (χ2n) is 4.04. The van der Waals surface area contributed by atoms with Crippen molar-refractivity contribution in [2.75, 3.05) is 13.6 Å². The van der Waals surface area contributed by atoms with Gasteiger partial charge in [-0.3, -0.25) is 9.59 Å². The minimum absolute atomic E-state index is 0.0494. The second kappa shape index (κ2) is 6.35. The molecule has 0 atom stereocenters. The first kappa shape index (κ1) is 14.4. The number of hydrogen-bond donors (Lipinski definition) is 1. The molecule has 1 amide bonds. The van der Waals surface area contributed by atoms with Crippen molar-refractivity contribution in [2.24, 2.45) is 0 Å². The summed E-state index contributed by atoms with van der Waals surface area (Å²) < 4.78 is 0. The standard InChI is InChI=1S/C12H15ClN2O3/c1-8-6-9(7-10(13)14-8)12(18)15(2)5-3-4-11(16)17/h6-7H,3-5H2,1-2H3,(H,16,17). The van der Waals surface area contributed by atoms with Crippen LogP contribution in [0.15, 0.2) is 12.1 Å². The van der Waals surface area contributed by atoms with Crippen LogP contribution in [0.2, 0.25) is 5.15 Å². The van der Waals surface area contributed by atoms with Gasteiger partial charge in [0.15, 0.2) is 0 Å². The molecular weight excluding hydrogens is 256 g/mol. The second-order valence-corrected chi connectivity index (χ2v) is 4.43. The predicted molar refractivity (Wildman–Crippen MR) is 67.8 cm³/mol. The van der Waals surface area contributed by atoms with E-state index >= 15 is 0 Å². The van der Waals surface area contributed by atoms with Gasteiger partial charge in [-0.05, 0) is 25.5 Å². The smallest absolute Gasteiger partial charge is 0.303 e. The number of carboxylic acids is 1. The molecule has 0 aliphatic carbocycles. The fourth-order valence-electron chi connectivity index (χ4n) is 1.54. The number of carboxylic acid groups (broad SMARTS) is 1. The molecule has 1 aromatic rings. The van der Waals surface area contributed by atoms with E-state index in [0.717, 1.165) is 0 Å². The Labute approximate surface area is 110 Å². The van der Waals surface area contributed by atoms with Gasteiger partial charge in [-0.15, -0.1) is 0 Å². The Morgan fingerprint density at radius 1 is 1.44 bits per heavy atom. The fourth-order valence-corrected chi connectivity index (χ4v) is 1.79. The van der Waals surface area contributed by atoms with E-state index in [0.29, 0.717) is 24.2 Å². The first-order valence-electron chi connectivity index (χ1n) is 5.51. The average molecular weight is 271 g/mol. The lowest BCUT2D eigenvalue weighted by Crippen LogP contribution is -2.28. The van der Waals surface area contributed by atoms with Crippen LogP contribution in [0.25, 0.3) is 0 Å². The van der Waals surface area contributed by atoms with Gasteiger partial charge in [-0.25, -0.2) is 4.98 Å². The highest BCUT2D eigenvalue weighted by atomic mass is 35.5. The summed E-state index contributed by atoms with van der Waals surface area (Å²) in [5.41, 5.74) is 1.13. The monoisotopic (exact) mass is 270 g/mol. The molecule has 0 saturated carbocycles. The number of halogens is 1. The Balaban J connectivity index is 2.65. The zero-order valence-electron chi connectivity index (χ0n) is 10.3. The number of aromatic nitrogens is 1. The van der Waals surface area contributed by atoms with Crippen LogP contribution in [0, 0.1) is 6.92 Å². The number of hydrogen-bond acceptors (Lipinski definition) is 3. The molecule has 98 valence electrons. The topological polar surface area (TPSA) is 70.5 Å². The van der Waals surface area contributed by atoms with Gasteiger partial charge in [0.05, 0.1) is 0 Å². The maximum absolute atomic E-state index is 12.0. The molecule has 0 aliphatic rings. The number of nitrogens with zero attached hydrogens (tertiary/aromatic N) is 2. The van der Waals surface area contributed by atoms with Crippen molar-refractivity contribution < 1.29 is 14.7 Å². The van der Waals surface area contributed by atoms with Gasteiger partial charge in [-0.1, -0.05) is 11.6 Å². The SMILES string of the molecule is Cc1cc(C(=O)N(C)CCCC(=O)O)cc(Cl)n1. The Morgan fingerprint density at radius 3 is 2.67 bits per heavy atom. The van der Waals surface area contributed by atoms with E-state index in [1.54, 1.807) is 20.0 Å². The summed E-state index contributed by atoms with van der Waals surface area (Å²) in [6.45, 7) is 2.15. The number of aryl methyl sites for hydroxylation is 1. The molecule has 1 heterocycles. The summed E-state index contributed by atoms with van der Waals surface area (Å²) in [6.07, 6.45) is 0.475. The molecule has 0 bridgehead atoms. The lowest BCUT2D eigenvalue weighted by atomic mass is 10.2. The van der Waals surface area contributed by atoms with Gasteiger partial charge in [0.2, 0.25) is 0 Å². The summed E-state index contributed by atoms with van der Waals surface area (Å²) in [5, 5.41) is 8.80. The number of pyridine rings is 1. The third-order valence-electron chi connectivity index (χ3n) is 2.40. The van der Waals surface area contributed by atoms with E-state index in [4.69, 9.17) is 16.7 Å². The van der Waals surface area contributed by atoms with Crippen molar-refractivity contribution in [3.8, 4) is 0 Å². The van der Waals surface area contributed by atoms with Gasteiger partial charge < -0.3 is 10.0 Å². The first-order chi connectivity index (χ1) is 8.40. The molecule has 1 N–H and O–H groups in total.